The molecule has 2 nitrogen and oxygen atoms in total. The van der Waals surface area contributed by atoms with Crippen LogP contribution in [-0.4, -0.2) is 31.1 Å². The minimum atomic E-state index is 0.139. The van der Waals surface area contributed by atoms with Gasteiger partial charge < -0.3 is 9.84 Å². The Labute approximate surface area is 53.9 Å². The molecule has 2 atom stereocenters. The number of rotatable bonds is 5. The van der Waals surface area contributed by atoms with Crippen LogP contribution in [0.25, 0.3) is 0 Å². The third-order valence-electron chi connectivity index (χ3n) is 0.626. The van der Waals surface area contributed by atoms with Gasteiger partial charge >= 0.3 is 0 Å². The molecule has 0 aromatic rings. The molecule has 50 valence electrons. The van der Waals surface area contributed by atoms with Gasteiger partial charge in [-0.3, -0.25) is 0 Å². The zero-order chi connectivity index (χ0) is 6.24. The Balaban J connectivity index is 2.53. The lowest BCUT2D eigenvalue weighted by Crippen LogP contribution is -2.00. The van der Waals surface area contributed by atoms with Crippen molar-refractivity contribution in [3.63, 3.8) is 0 Å². The van der Waals surface area contributed by atoms with E-state index in [1.54, 1.807) is 0 Å². The van der Waals surface area contributed by atoms with Crippen molar-refractivity contribution in [2.75, 3.05) is 26.0 Å². The lowest BCUT2D eigenvalue weighted by Gasteiger charge is -1.97. The van der Waals surface area contributed by atoms with Crippen LogP contribution >= 0.6 is 17.2 Å². The van der Waals surface area contributed by atoms with Crippen LogP contribution in [0.5, 0.6) is 0 Å². The van der Waals surface area contributed by atoms with Crippen molar-refractivity contribution in [3.8, 4) is 0 Å². The van der Waals surface area contributed by atoms with Crippen molar-refractivity contribution >= 4 is 17.2 Å². The number of hydrogen-bond acceptors (Lipinski definition) is 2. The van der Waals surface area contributed by atoms with E-state index in [0.717, 1.165) is 21.0 Å². The van der Waals surface area contributed by atoms with Crippen LogP contribution in [-0.2, 0) is 4.74 Å². The summed E-state index contributed by atoms with van der Waals surface area (Å²) in [6.45, 7) is 1.40. The minimum absolute atomic E-state index is 0.139. The van der Waals surface area contributed by atoms with E-state index in [-0.39, 0.29) is 6.61 Å². The van der Waals surface area contributed by atoms with Crippen LogP contribution in [0.4, 0.5) is 0 Å². The summed E-state index contributed by atoms with van der Waals surface area (Å²) in [5, 5.41) is 8.24. The SMILES string of the molecule is OCCOCCPP. The smallest absolute Gasteiger partial charge is 0.0697 e. The maximum atomic E-state index is 8.24. The van der Waals surface area contributed by atoms with Gasteiger partial charge in [-0.15, -0.1) is 17.2 Å². The fourth-order valence-electron chi connectivity index (χ4n) is 0.298. The second kappa shape index (κ2) is 7.78. The predicted octanol–water partition coefficient (Wildman–Crippen LogP) is 0.464. The molecule has 1 N–H and O–H groups in total. The van der Waals surface area contributed by atoms with Gasteiger partial charge in [0.15, 0.2) is 0 Å². The average molecular weight is 154 g/mol. The van der Waals surface area contributed by atoms with Crippen molar-refractivity contribution in [1.82, 2.24) is 0 Å². The maximum absolute atomic E-state index is 8.24. The summed E-state index contributed by atoms with van der Waals surface area (Å²) in [5.74, 6) is 0. The van der Waals surface area contributed by atoms with Gasteiger partial charge in [-0.25, -0.2) is 0 Å². The Bertz CT molecular complexity index is 37.0. The monoisotopic (exact) mass is 154 g/mol. The molecule has 0 fully saturated rings. The molecular formula is C4H12O2P2. The molecule has 0 rings (SSSR count). The molecule has 0 aliphatic heterocycles. The summed E-state index contributed by atoms with van der Waals surface area (Å²) in [4.78, 5) is 0. The van der Waals surface area contributed by atoms with Gasteiger partial charge in [0.05, 0.1) is 19.8 Å². The van der Waals surface area contributed by atoms with Crippen LogP contribution in [0.2, 0.25) is 0 Å². The van der Waals surface area contributed by atoms with Gasteiger partial charge in [-0.1, -0.05) is 0 Å². The molecule has 0 aromatic carbocycles. The molecule has 0 aromatic heterocycles. The molecule has 0 amide bonds. The summed E-state index contributed by atoms with van der Waals surface area (Å²) >= 11 is 0. The summed E-state index contributed by atoms with van der Waals surface area (Å²) < 4.78 is 4.97. The van der Waals surface area contributed by atoms with E-state index in [1.165, 1.54) is 0 Å². The van der Waals surface area contributed by atoms with E-state index in [0.29, 0.717) is 6.61 Å². The van der Waals surface area contributed by atoms with Crippen molar-refractivity contribution in [2.24, 2.45) is 0 Å². The third kappa shape index (κ3) is 6.78. The van der Waals surface area contributed by atoms with Gasteiger partial charge in [0.1, 0.15) is 0 Å². The predicted molar refractivity (Wildman–Crippen MR) is 40.8 cm³/mol. The minimum Gasteiger partial charge on any atom is -0.394 e. The molecular weight excluding hydrogens is 142 g/mol. The Kier molecular flexibility index (Phi) is 8.54. The Morgan fingerprint density at radius 3 is 2.75 bits per heavy atom. The molecule has 4 heteroatoms. The van der Waals surface area contributed by atoms with Crippen molar-refractivity contribution in [1.29, 1.82) is 0 Å². The van der Waals surface area contributed by atoms with Crippen LogP contribution in [0.15, 0.2) is 0 Å². The van der Waals surface area contributed by atoms with Crippen LogP contribution in [0, 0.1) is 0 Å². The maximum Gasteiger partial charge on any atom is 0.0697 e. The van der Waals surface area contributed by atoms with E-state index < -0.39 is 0 Å². The van der Waals surface area contributed by atoms with E-state index >= 15 is 0 Å². The fourth-order valence-corrected chi connectivity index (χ4v) is 0.913. The Morgan fingerprint density at radius 2 is 2.25 bits per heavy atom. The Morgan fingerprint density at radius 1 is 1.50 bits per heavy atom. The molecule has 0 aliphatic rings. The second-order valence-electron chi connectivity index (χ2n) is 1.29. The molecule has 0 spiro atoms. The summed E-state index contributed by atoms with van der Waals surface area (Å²) in [6, 6.07) is 0. The van der Waals surface area contributed by atoms with E-state index in [2.05, 4.69) is 8.93 Å². The molecule has 0 aliphatic carbocycles. The topological polar surface area (TPSA) is 29.5 Å². The average Bonchev–Trinajstić information content (AvgIpc) is 1.81. The van der Waals surface area contributed by atoms with E-state index in [9.17, 15) is 0 Å². The van der Waals surface area contributed by atoms with Crippen LogP contribution < -0.4 is 0 Å². The zero-order valence-electron chi connectivity index (χ0n) is 4.76. The number of hydrogen-bond donors (Lipinski definition) is 1. The third-order valence-corrected chi connectivity index (χ3v) is 1.99. The van der Waals surface area contributed by atoms with Gasteiger partial charge in [0, 0.05) is 0 Å². The first-order valence-corrected chi connectivity index (χ1v) is 5.55. The lowest BCUT2D eigenvalue weighted by molar-refractivity contribution is 0.103. The molecule has 2 unspecified atom stereocenters. The van der Waals surface area contributed by atoms with Gasteiger partial charge in [0.25, 0.3) is 0 Å². The summed E-state index contributed by atoms with van der Waals surface area (Å²) in [7, 11) is 3.53. The first kappa shape index (κ1) is 8.78. The fraction of sp³-hybridized carbons (Fsp3) is 1.00. The summed E-state index contributed by atoms with van der Waals surface area (Å²) in [6.07, 6.45) is 1.09. The Hall–Kier alpha value is 0.780. The molecule has 0 saturated carbocycles. The van der Waals surface area contributed by atoms with Crippen molar-refractivity contribution < 1.29 is 9.84 Å². The first-order chi connectivity index (χ1) is 3.91. The quantitative estimate of drug-likeness (QED) is 0.460. The standard InChI is InChI=1S/C4H12O2P2/c5-1-2-6-3-4-8-7/h5,8H,1-4,7H2. The van der Waals surface area contributed by atoms with E-state index in [1.807, 2.05) is 0 Å². The zero-order valence-corrected chi connectivity index (χ0v) is 6.92. The normalized spacial score (nSPS) is 11.2. The second-order valence-corrected chi connectivity index (χ2v) is 3.42. The summed E-state index contributed by atoms with van der Waals surface area (Å²) in [5.41, 5.74) is 0. The highest BCUT2D eigenvalue weighted by atomic mass is 32.0. The highest BCUT2D eigenvalue weighted by Crippen LogP contribution is 2.18. The highest BCUT2D eigenvalue weighted by Gasteiger charge is 1.82. The van der Waals surface area contributed by atoms with Gasteiger partial charge in [0.2, 0.25) is 0 Å². The molecule has 8 heavy (non-hydrogen) atoms. The van der Waals surface area contributed by atoms with Crippen LogP contribution in [0.3, 0.4) is 0 Å². The highest BCUT2D eigenvalue weighted by molar-refractivity contribution is 8.02. The van der Waals surface area contributed by atoms with E-state index in [4.69, 9.17) is 9.84 Å². The number of aliphatic hydroxyl groups excluding tert-OH is 1. The van der Waals surface area contributed by atoms with Crippen molar-refractivity contribution in [3.05, 3.63) is 0 Å². The van der Waals surface area contributed by atoms with Crippen molar-refractivity contribution in [2.45, 2.75) is 0 Å². The largest absolute Gasteiger partial charge is 0.394 e. The lowest BCUT2D eigenvalue weighted by atomic mass is 10.7. The number of aliphatic hydroxyl groups is 1. The molecule has 0 bridgehead atoms. The molecule has 0 heterocycles. The first-order valence-electron chi connectivity index (χ1n) is 2.54. The van der Waals surface area contributed by atoms with Gasteiger partial charge in [-0.2, -0.15) is 0 Å². The molecule has 0 saturated heterocycles. The van der Waals surface area contributed by atoms with Crippen LogP contribution in [0.1, 0.15) is 0 Å². The number of ether oxygens (including phenoxy) is 1. The van der Waals surface area contributed by atoms with Gasteiger partial charge in [-0.05, 0) is 6.16 Å². The molecule has 0 radical (unpaired) electrons.